The topological polar surface area (TPSA) is 66.6 Å². The number of hydrogen-bond acceptors (Lipinski definition) is 3. The molecule has 0 bridgehead atoms. The number of hydrogen-bond donors (Lipinski definition) is 2. The number of nitrogens with zero attached hydrogens (tertiary/aromatic N) is 1. The van der Waals surface area contributed by atoms with Crippen LogP contribution in [-0.2, 0) is 4.79 Å². The van der Waals surface area contributed by atoms with Crippen molar-refractivity contribution in [2.24, 2.45) is 17.1 Å². The highest BCUT2D eigenvalue weighted by Crippen LogP contribution is 2.48. The second kappa shape index (κ2) is 5.75. The summed E-state index contributed by atoms with van der Waals surface area (Å²) in [6, 6.07) is 0.266. The Morgan fingerprint density at radius 1 is 1.53 bits per heavy atom. The Kier molecular flexibility index (Phi) is 4.46. The summed E-state index contributed by atoms with van der Waals surface area (Å²) in [6.07, 6.45) is 5.31. The second-order valence-corrected chi connectivity index (χ2v) is 6.56. The second-order valence-electron chi connectivity index (χ2n) is 6.12. The molecule has 1 aliphatic carbocycles. The summed E-state index contributed by atoms with van der Waals surface area (Å²) in [6.45, 7) is 3.14. The SMILES string of the molecule is CC1CC(C(=O)N2CCCC2CCCO)(C(N)=S)C1. The average Bonchev–Trinajstić information content (AvgIpc) is 2.79. The number of thiocarbonyl (C=S) groups is 1. The lowest BCUT2D eigenvalue weighted by Gasteiger charge is -2.47. The Morgan fingerprint density at radius 2 is 2.21 bits per heavy atom. The van der Waals surface area contributed by atoms with E-state index in [1.54, 1.807) is 0 Å². The maximum Gasteiger partial charge on any atom is 0.235 e. The molecular formula is C14H24N2O2S. The molecule has 5 heteroatoms. The number of rotatable bonds is 5. The van der Waals surface area contributed by atoms with E-state index >= 15 is 0 Å². The third kappa shape index (κ3) is 2.63. The van der Waals surface area contributed by atoms with Crippen molar-refractivity contribution in [3.8, 4) is 0 Å². The van der Waals surface area contributed by atoms with Gasteiger partial charge in [0.15, 0.2) is 0 Å². The van der Waals surface area contributed by atoms with Crippen LogP contribution in [0.25, 0.3) is 0 Å². The van der Waals surface area contributed by atoms with Gasteiger partial charge in [-0.1, -0.05) is 19.1 Å². The molecule has 1 unspecified atom stereocenters. The van der Waals surface area contributed by atoms with Crippen LogP contribution < -0.4 is 5.73 Å². The lowest BCUT2D eigenvalue weighted by atomic mass is 9.61. The molecule has 2 rings (SSSR count). The van der Waals surface area contributed by atoms with Gasteiger partial charge in [0.05, 0.1) is 10.4 Å². The van der Waals surface area contributed by atoms with Crippen molar-refractivity contribution in [3.05, 3.63) is 0 Å². The summed E-state index contributed by atoms with van der Waals surface area (Å²) in [5, 5.41) is 8.95. The molecule has 1 heterocycles. The van der Waals surface area contributed by atoms with Crippen molar-refractivity contribution in [1.29, 1.82) is 0 Å². The molecule has 4 nitrogen and oxygen atoms in total. The lowest BCUT2D eigenvalue weighted by molar-refractivity contribution is -0.145. The molecule has 1 atom stereocenters. The van der Waals surface area contributed by atoms with Gasteiger partial charge in [-0.3, -0.25) is 4.79 Å². The molecule has 0 radical (unpaired) electrons. The minimum Gasteiger partial charge on any atom is -0.396 e. The molecule has 2 aliphatic rings. The Bertz CT molecular complexity index is 366. The molecule has 108 valence electrons. The molecule has 0 aromatic carbocycles. The molecule has 19 heavy (non-hydrogen) atoms. The van der Waals surface area contributed by atoms with Crippen molar-refractivity contribution in [2.75, 3.05) is 13.2 Å². The van der Waals surface area contributed by atoms with Gasteiger partial charge in [-0.05, 0) is 44.4 Å². The first-order valence-electron chi connectivity index (χ1n) is 7.23. The monoisotopic (exact) mass is 284 g/mol. The predicted molar refractivity (Wildman–Crippen MR) is 78.7 cm³/mol. The van der Waals surface area contributed by atoms with Crippen molar-refractivity contribution >= 4 is 23.1 Å². The van der Waals surface area contributed by atoms with E-state index in [4.69, 9.17) is 23.1 Å². The largest absolute Gasteiger partial charge is 0.396 e. The first kappa shape index (κ1) is 14.7. The zero-order chi connectivity index (χ0) is 14.0. The molecule has 3 N–H and O–H groups in total. The van der Waals surface area contributed by atoms with E-state index in [9.17, 15) is 4.79 Å². The van der Waals surface area contributed by atoms with Crippen LogP contribution in [0.3, 0.4) is 0 Å². The summed E-state index contributed by atoms with van der Waals surface area (Å²) in [7, 11) is 0. The van der Waals surface area contributed by atoms with Crippen molar-refractivity contribution < 1.29 is 9.90 Å². The van der Waals surface area contributed by atoms with Gasteiger partial charge in [-0.15, -0.1) is 0 Å². The van der Waals surface area contributed by atoms with E-state index in [0.29, 0.717) is 10.9 Å². The fraction of sp³-hybridized carbons (Fsp3) is 0.857. The van der Waals surface area contributed by atoms with Crippen LogP contribution in [0.1, 0.15) is 45.4 Å². The first-order chi connectivity index (χ1) is 9.01. The molecule has 1 saturated carbocycles. The number of amides is 1. The van der Waals surface area contributed by atoms with Crippen LogP contribution in [0.5, 0.6) is 0 Å². The van der Waals surface area contributed by atoms with Gasteiger partial charge in [0.25, 0.3) is 0 Å². The third-order valence-electron chi connectivity index (χ3n) is 4.61. The van der Waals surface area contributed by atoms with E-state index in [1.807, 2.05) is 4.90 Å². The number of likely N-dealkylation sites (tertiary alicyclic amines) is 1. The van der Waals surface area contributed by atoms with Gasteiger partial charge in [0.1, 0.15) is 0 Å². The molecular weight excluding hydrogens is 260 g/mol. The smallest absolute Gasteiger partial charge is 0.235 e. The summed E-state index contributed by atoms with van der Waals surface area (Å²) < 4.78 is 0. The predicted octanol–water partition coefficient (Wildman–Crippen LogP) is 1.45. The third-order valence-corrected chi connectivity index (χ3v) is 5.00. The molecule has 1 amide bonds. The highest BCUT2D eigenvalue weighted by molar-refractivity contribution is 7.80. The van der Waals surface area contributed by atoms with E-state index in [1.165, 1.54) is 0 Å². The summed E-state index contributed by atoms with van der Waals surface area (Å²) in [5.74, 6) is 0.669. The fourth-order valence-corrected chi connectivity index (χ4v) is 3.87. The highest BCUT2D eigenvalue weighted by atomic mass is 32.1. The molecule has 0 spiro atoms. The molecule has 0 aromatic heterocycles. The van der Waals surface area contributed by atoms with E-state index in [-0.39, 0.29) is 18.6 Å². The number of carbonyl (C=O) groups is 1. The average molecular weight is 284 g/mol. The van der Waals surface area contributed by atoms with Gasteiger partial charge in [0.2, 0.25) is 5.91 Å². The molecule has 0 aromatic rings. The van der Waals surface area contributed by atoms with Crippen molar-refractivity contribution in [1.82, 2.24) is 4.90 Å². The van der Waals surface area contributed by atoms with E-state index < -0.39 is 5.41 Å². The van der Waals surface area contributed by atoms with Crippen LogP contribution in [0.15, 0.2) is 0 Å². The van der Waals surface area contributed by atoms with Gasteiger partial charge in [0, 0.05) is 19.2 Å². The summed E-state index contributed by atoms with van der Waals surface area (Å²) in [5.41, 5.74) is 5.28. The van der Waals surface area contributed by atoms with E-state index in [0.717, 1.165) is 45.1 Å². The Balaban J connectivity index is 2.07. The van der Waals surface area contributed by atoms with Crippen LogP contribution in [0.4, 0.5) is 0 Å². The van der Waals surface area contributed by atoms with Crippen LogP contribution in [-0.4, -0.2) is 40.1 Å². The minimum absolute atomic E-state index is 0.138. The van der Waals surface area contributed by atoms with Gasteiger partial charge in [-0.2, -0.15) is 0 Å². The Hall–Kier alpha value is -0.680. The zero-order valence-electron chi connectivity index (χ0n) is 11.6. The van der Waals surface area contributed by atoms with Crippen LogP contribution in [0, 0.1) is 11.3 Å². The number of aliphatic hydroxyl groups excluding tert-OH is 1. The highest BCUT2D eigenvalue weighted by Gasteiger charge is 2.53. The van der Waals surface area contributed by atoms with E-state index in [2.05, 4.69) is 6.92 Å². The Morgan fingerprint density at radius 3 is 2.74 bits per heavy atom. The van der Waals surface area contributed by atoms with Gasteiger partial charge in [-0.25, -0.2) is 0 Å². The zero-order valence-corrected chi connectivity index (χ0v) is 12.4. The number of nitrogens with two attached hydrogens (primary N) is 1. The quantitative estimate of drug-likeness (QED) is 0.750. The maximum absolute atomic E-state index is 12.8. The minimum atomic E-state index is -0.573. The normalized spacial score (nSPS) is 34.1. The number of aliphatic hydroxyl groups is 1. The molecule has 2 fully saturated rings. The summed E-state index contributed by atoms with van der Waals surface area (Å²) in [4.78, 5) is 15.1. The van der Waals surface area contributed by atoms with Crippen LogP contribution >= 0.6 is 12.2 Å². The lowest BCUT2D eigenvalue weighted by Crippen LogP contribution is -2.57. The fourth-order valence-electron chi connectivity index (χ4n) is 3.62. The van der Waals surface area contributed by atoms with Gasteiger partial charge >= 0.3 is 0 Å². The number of carbonyl (C=O) groups excluding carboxylic acids is 1. The van der Waals surface area contributed by atoms with Crippen molar-refractivity contribution in [2.45, 2.75) is 51.5 Å². The maximum atomic E-state index is 12.8. The Labute approximate surface area is 120 Å². The standard InChI is InChI=1S/C14H24N2O2S/c1-10-8-14(9-10,12(15)19)13(18)16-6-2-4-11(16)5-3-7-17/h10-11,17H,2-9H2,1H3,(H2,15,19). The molecule has 1 saturated heterocycles. The molecule has 1 aliphatic heterocycles. The van der Waals surface area contributed by atoms with Crippen LogP contribution in [0.2, 0.25) is 0 Å². The van der Waals surface area contributed by atoms with Crippen molar-refractivity contribution in [3.63, 3.8) is 0 Å². The summed E-state index contributed by atoms with van der Waals surface area (Å²) >= 11 is 5.16. The first-order valence-corrected chi connectivity index (χ1v) is 7.64. The van der Waals surface area contributed by atoms with Gasteiger partial charge < -0.3 is 15.7 Å².